The fourth-order valence-electron chi connectivity index (χ4n) is 1.73. The average molecular weight is 249 g/mol. The first-order valence-corrected chi connectivity index (χ1v) is 5.46. The number of nitrogens with two attached hydrogens (primary N) is 2. The summed E-state index contributed by atoms with van der Waals surface area (Å²) in [6.45, 7) is 0. The van der Waals surface area contributed by atoms with Crippen LogP contribution in [0.5, 0.6) is 0 Å². The van der Waals surface area contributed by atoms with E-state index >= 15 is 0 Å². The van der Waals surface area contributed by atoms with E-state index < -0.39 is 6.04 Å². The molecule has 0 saturated heterocycles. The van der Waals surface area contributed by atoms with E-state index in [-0.39, 0.29) is 18.0 Å². The number of nitrogens with one attached hydrogen (secondary N) is 2. The van der Waals surface area contributed by atoms with Crippen LogP contribution in [0.1, 0.15) is 18.0 Å². The van der Waals surface area contributed by atoms with Crippen molar-refractivity contribution in [2.45, 2.75) is 12.5 Å². The molecule has 0 aliphatic heterocycles. The number of benzene rings is 1. The molecule has 0 fully saturated rings. The van der Waals surface area contributed by atoms with E-state index in [1.54, 1.807) is 18.2 Å². The molecule has 0 aliphatic carbocycles. The second-order valence-corrected chi connectivity index (χ2v) is 4.20. The van der Waals surface area contributed by atoms with Crippen LogP contribution in [-0.2, 0) is 4.79 Å². The van der Waals surface area contributed by atoms with Gasteiger partial charge in [0.05, 0.1) is 11.0 Å². The molecule has 1 aromatic heterocycles. The molecule has 0 aliphatic rings. The summed E-state index contributed by atoms with van der Waals surface area (Å²) in [6, 6.07) is 4.83. The Morgan fingerprint density at radius 2 is 2.06 bits per heavy atom. The van der Waals surface area contributed by atoms with Gasteiger partial charge < -0.3 is 15.7 Å². The highest BCUT2D eigenvalue weighted by Gasteiger charge is 2.14. The summed E-state index contributed by atoms with van der Waals surface area (Å²) >= 11 is 0. The molecular weight excluding hydrogens is 234 g/mol. The smallest absolute Gasteiger partial charge is 0.323 e. The van der Waals surface area contributed by atoms with Crippen LogP contribution in [0.15, 0.2) is 23.0 Å². The maximum atomic E-state index is 11.5. The molecule has 18 heavy (non-hydrogen) atoms. The Kier molecular flexibility index (Phi) is 3.17. The molecule has 6 N–H and O–H groups in total. The van der Waals surface area contributed by atoms with Gasteiger partial charge in [0.15, 0.2) is 0 Å². The third kappa shape index (κ3) is 2.41. The van der Waals surface area contributed by atoms with Crippen LogP contribution in [0.25, 0.3) is 11.0 Å². The van der Waals surface area contributed by atoms with Crippen LogP contribution in [0.3, 0.4) is 0 Å². The molecule has 0 bridgehead atoms. The van der Waals surface area contributed by atoms with Crippen molar-refractivity contribution in [1.82, 2.24) is 15.0 Å². The lowest BCUT2D eigenvalue weighted by molar-refractivity contribution is -0.130. The van der Waals surface area contributed by atoms with Crippen LogP contribution in [0, 0.1) is 0 Å². The molecule has 2 aromatic rings. The van der Waals surface area contributed by atoms with E-state index in [9.17, 15) is 9.59 Å². The lowest BCUT2D eigenvalue weighted by Crippen LogP contribution is -2.35. The highest BCUT2D eigenvalue weighted by molar-refractivity contribution is 5.77. The Morgan fingerprint density at radius 3 is 2.72 bits per heavy atom. The van der Waals surface area contributed by atoms with Crippen LogP contribution in [-0.4, -0.2) is 27.9 Å². The maximum absolute atomic E-state index is 11.5. The van der Waals surface area contributed by atoms with Crippen LogP contribution in [0.4, 0.5) is 0 Å². The Labute approximate surface area is 103 Å². The Balaban J connectivity index is 2.24. The normalized spacial score (nSPS) is 12.6. The predicted molar refractivity (Wildman–Crippen MR) is 67.4 cm³/mol. The minimum atomic E-state index is -0.452. The number of carbonyl (C=O) groups excluding carboxylic acids is 1. The van der Waals surface area contributed by atoms with Gasteiger partial charge in [-0.1, -0.05) is 6.07 Å². The number of aromatic nitrogens is 2. The number of fused-ring (bicyclic) bond motifs is 1. The van der Waals surface area contributed by atoms with Gasteiger partial charge in [-0.05, 0) is 17.7 Å². The molecule has 0 radical (unpaired) electrons. The molecule has 1 heterocycles. The molecule has 0 saturated carbocycles. The number of rotatable bonds is 3. The highest BCUT2D eigenvalue weighted by Crippen LogP contribution is 2.18. The summed E-state index contributed by atoms with van der Waals surface area (Å²) in [5.74, 6) is 5.09. The summed E-state index contributed by atoms with van der Waals surface area (Å²) in [6.07, 6.45) is 0.118. The Hall–Kier alpha value is -2.12. The lowest BCUT2D eigenvalue weighted by Gasteiger charge is -2.15. The van der Waals surface area contributed by atoms with E-state index in [0.29, 0.717) is 11.0 Å². The first kappa shape index (κ1) is 12.3. The van der Waals surface area contributed by atoms with E-state index in [1.165, 1.54) is 7.05 Å². The minimum Gasteiger partial charge on any atom is -0.324 e. The minimum absolute atomic E-state index is 0.118. The van der Waals surface area contributed by atoms with Crippen LogP contribution >= 0.6 is 0 Å². The number of H-pyrrole nitrogens is 2. The van der Waals surface area contributed by atoms with Gasteiger partial charge in [0.1, 0.15) is 0 Å². The zero-order valence-corrected chi connectivity index (χ0v) is 9.93. The van der Waals surface area contributed by atoms with Gasteiger partial charge >= 0.3 is 5.69 Å². The van der Waals surface area contributed by atoms with Crippen molar-refractivity contribution in [3.8, 4) is 0 Å². The first-order chi connectivity index (χ1) is 8.47. The van der Waals surface area contributed by atoms with E-state index in [0.717, 1.165) is 10.6 Å². The number of hydrazine groups is 1. The fraction of sp³-hybridized carbons (Fsp3) is 0.273. The quantitative estimate of drug-likeness (QED) is 0.335. The molecule has 1 atom stereocenters. The van der Waals surface area contributed by atoms with E-state index in [1.807, 2.05) is 0 Å². The van der Waals surface area contributed by atoms with Gasteiger partial charge in [0.2, 0.25) is 5.91 Å². The topological polar surface area (TPSA) is 121 Å². The van der Waals surface area contributed by atoms with Crippen molar-refractivity contribution >= 4 is 16.9 Å². The summed E-state index contributed by atoms with van der Waals surface area (Å²) in [7, 11) is 1.47. The average Bonchev–Trinajstić information content (AvgIpc) is 2.67. The molecule has 7 nitrogen and oxygen atoms in total. The number of imidazole rings is 1. The van der Waals surface area contributed by atoms with E-state index in [2.05, 4.69) is 9.97 Å². The fourth-order valence-corrected chi connectivity index (χ4v) is 1.73. The van der Waals surface area contributed by atoms with Gasteiger partial charge in [-0.2, -0.15) is 0 Å². The predicted octanol–water partition coefficient (Wildman–Crippen LogP) is -0.422. The summed E-state index contributed by atoms with van der Waals surface area (Å²) in [5, 5.41) is 1.01. The van der Waals surface area contributed by atoms with Gasteiger partial charge in [0, 0.05) is 19.5 Å². The summed E-state index contributed by atoms with van der Waals surface area (Å²) < 4.78 is 0. The van der Waals surface area contributed by atoms with Gasteiger partial charge in [-0.15, -0.1) is 0 Å². The number of nitrogens with zero attached hydrogens (tertiary/aromatic N) is 1. The van der Waals surface area contributed by atoms with Gasteiger partial charge in [-0.25, -0.2) is 10.6 Å². The number of amides is 1. The zero-order valence-electron chi connectivity index (χ0n) is 9.93. The number of carbonyl (C=O) groups is 1. The molecule has 1 unspecified atom stereocenters. The number of hydrogen-bond donors (Lipinski definition) is 4. The third-order valence-corrected chi connectivity index (χ3v) is 2.76. The van der Waals surface area contributed by atoms with Crippen molar-refractivity contribution < 1.29 is 4.79 Å². The third-order valence-electron chi connectivity index (χ3n) is 2.76. The van der Waals surface area contributed by atoms with Crippen LogP contribution in [0.2, 0.25) is 0 Å². The summed E-state index contributed by atoms with van der Waals surface area (Å²) in [4.78, 5) is 27.8. The van der Waals surface area contributed by atoms with Gasteiger partial charge in [0.25, 0.3) is 0 Å². The first-order valence-electron chi connectivity index (χ1n) is 5.46. The standard InChI is InChI=1S/C11H15N5O2/c1-16(13)10(17)5-7(12)6-2-3-8-9(4-6)15-11(18)14-8/h2-4,7H,5,12-13H2,1H3,(H2,14,15,18). The Bertz CT molecular complexity index is 628. The second-order valence-electron chi connectivity index (χ2n) is 4.20. The monoisotopic (exact) mass is 249 g/mol. The SMILES string of the molecule is CN(N)C(=O)CC(N)c1ccc2[nH]c(=O)[nH]c2c1. The molecule has 7 heteroatoms. The van der Waals surface area contributed by atoms with E-state index in [4.69, 9.17) is 11.6 Å². The Morgan fingerprint density at radius 1 is 1.39 bits per heavy atom. The van der Waals surface area contributed by atoms with Crippen molar-refractivity contribution in [1.29, 1.82) is 0 Å². The molecule has 96 valence electrons. The maximum Gasteiger partial charge on any atom is 0.323 e. The summed E-state index contributed by atoms with van der Waals surface area (Å²) in [5.41, 5.74) is 7.80. The highest BCUT2D eigenvalue weighted by atomic mass is 16.2. The largest absolute Gasteiger partial charge is 0.324 e. The molecule has 2 rings (SSSR count). The molecular formula is C11H15N5O2. The molecule has 1 amide bonds. The van der Waals surface area contributed by atoms with Crippen molar-refractivity contribution in [3.05, 3.63) is 34.2 Å². The van der Waals surface area contributed by atoms with Crippen LogP contribution < -0.4 is 17.3 Å². The second kappa shape index (κ2) is 4.63. The van der Waals surface area contributed by atoms with Crippen molar-refractivity contribution in [2.75, 3.05) is 7.05 Å². The lowest BCUT2D eigenvalue weighted by atomic mass is 10.0. The zero-order chi connectivity index (χ0) is 13.3. The molecule has 1 aromatic carbocycles. The molecule has 0 spiro atoms. The number of aromatic amines is 2. The number of hydrogen-bond acceptors (Lipinski definition) is 4. The van der Waals surface area contributed by atoms with Gasteiger partial charge in [-0.3, -0.25) is 9.80 Å². The van der Waals surface area contributed by atoms with Crippen molar-refractivity contribution in [3.63, 3.8) is 0 Å². The van der Waals surface area contributed by atoms with Crippen molar-refractivity contribution in [2.24, 2.45) is 11.6 Å².